The van der Waals surface area contributed by atoms with Crippen molar-refractivity contribution >= 4 is 29.4 Å². The van der Waals surface area contributed by atoms with Crippen molar-refractivity contribution in [3.8, 4) is 11.5 Å². The van der Waals surface area contributed by atoms with E-state index in [1.807, 2.05) is 26.0 Å². The lowest BCUT2D eigenvalue weighted by molar-refractivity contribution is -0.151. The highest BCUT2D eigenvalue weighted by Gasteiger charge is 2.36. The molecule has 0 aromatic heterocycles. The number of amides is 3. The molecule has 2 aromatic rings. The molecule has 0 aliphatic carbocycles. The van der Waals surface area contributed by atoms with E-state index in [9.17, 15) is 19.2 Å². The molecule has 1 aliphatic rings. The monoisotopic (exact) mass is 469 g/mol. The minimum atomic E-state index is -0.804. The van der Waals surface area contributed by atoms with Gasteiger partial charge in [0.05, 0.1) is 26.7 Å². The van der Waals surface area contributed by atoms with Gasteiger partial charge in [0.1, 0.15) is 11.5 Å². The molecule has 180 valence electrons. The van der Waals surface area contributed by atoms with E-state index in [0.29, 0.717) is 17.2 Å². The highest BCUT2D eigenvalue weighted by molar-refractivity contribution is 5.97. The van der Waals surface area contributed by atoms with Gasteiger partial charge >= 0.3 is 5.97 Å². The number of esters is 1. The standard InChI is InChI=1S/C24H27N3O7/c1-14-5-6-18(7-15(14)2)25-21(28)13-34-24(31)17-10-22(29)27(12-17)26-23(30)16-8-19(32-3)11-20(9-16)33-4/h5-9,11,17H,10,12-13H2,1-4H3,(H,25,28)(H,26,30)/t17-/m0/s1. The first kappa shape index (κ1) is 24.6. The third kappa shape index (κ3) is 6.03. The molecular formula is C24H27N3O7. The van der Waals surface area contributed by atoms with Crippen LogP contribution in [0, 0.1) is 19.8 Å². The van der Waals surface area contributed by atoms with E-state index in [1.54, 1.807) is 12.1 Å². The molecule has 1 saturated heterocycles. The van der Waals surface area contributed by atoms with Crippen LogP contribution in [0.2, 0.25) is 0 Å². The Balaban J connectivity index is 1.52. The molecule has 34 heavy (non-hydrogen) atoms. The van der Waals surface area contributed by atoms with E-state index in [-0.39, 0.29) is 18.5 Å². The van der Waals surface area contributed by atoms with Crippen molar-refractivity contribution < 1.29 is 33.4 Å². The van der Waals surface area contributed by atoms with E-state index in [0.717, 1.165) is 16.1 Å². The second-order valence-corrected chi connectivity index (χ2v) is 7.90. The predicted octanol–water partition coefficient (Wildman–Crippen LogP) is 2.00. The Morgan fingerprint density at radius 2 is 1.68 bits per heavy atom. The molecule has 1 aliphatic heterocycles. The van der Waals surface area contributed by atoms with Crippen molar-refractivity contribution in [2.24, 2.45) is 5.92 Å². The Labute approximate surface area is 197 Å². The van der Waals surface area contributed by atoms with Gasteiger partial charge in [-0.25, -0.2) is 0 Å². The summed E-state index contributed by atoms with van der Waals surface area (Å²) in [6.07, 6.45) is -0.140. The van der Waals surface area contributed by atoms with Crippen LogP contribution in [0.4, 0.5) is 5.69 Å². The summed E-state index contributed by atoms with van der Waals surface area (Å²) in [6, 6.07) is 10.1. The normalized spacial score (nSPS) is 15.0. The van der Waals surface area contributed by atoms with Crippen molar-refractivity contribution in [2.45, 2.75) is 20.3 Å². The van der Waals surface area contributed by atoms with Gasteiger partial charge in [-0.3, -0.25) is 29.6 Å². The summed E-state index contributed by atoms with van der Waals surface area (Å²) in [5.74, 6) is -2.16. The fourth-order valence-corrected chi connectivity index (χ4v) is 3.37. The smallest absolute Gasteiger partial charge is 0.311 e. The van der Waals surface area contributed by atoms with Gasteiger partial charge in [0.2, 0.25) is 5.91 Å². The summed E-state index contributed by atoms with van der Waals surface area (Å²) in [7, 11) is 2.91. The SMILES string of the molecule is COc1cc(OC)cc(C(=O)NN2C[C@@H](C(=O)OCC(=O)Nc3ccc(C)c(C)c3)CC2=O)c1. The first-order valence-corrected chi connectivity index (χ1v) is 10.6. The molecule has 2 N–H and O–H groups in total. The fourth-order valence-electron chi connectivity index (χ4n) is 3.37. The Morgan fingerprint density at radius 1 is 1.00 bits per heavy atom. The molecule has 0 spiro atoms. The van der Waals surface area contributed by atoms with Crippen molar-refractivity contribution in [2.75, 3.05) is 32.7 Å². The second-order valence-electron chi connectivity index (χ2n) is 7.90. The number of nitrogens with one attached hydrogen (secondary N) is 2. The third-order valence-electron chi connectivity index (χ3n) is 5.44. The number of methoxy groups -OCH3 is 2. The number of carbonyl (C=O) groups is 4. The van der Waals surface area contributed by atoms with Crippen molar-refractivity contribution in [3.05, 3.63) is 53.1 Å². The highest BCUT2D eigenvalue weighted by Crippen LogP contribution is 2.23. The predicted molar refractivity (Wildman–Crippen MR) is 122 cm³/mol. The van der Waals surface area contributed by atoms with E-state index in [2.05, 4.69) is 10.7 Å². The zero-order valence-electron chi connectivity index (χ0n) is 19.5. The average molecular weight is 469 g/mol. The Hall–Kier alpha value is -4.08. The summed E-state index contributed by atoms with van der Waals surface area (Å²) in [5, 5.41) is 3.73. The first-order chi connectivity index (χ1) is 16.2. The number of carbonyl (C=O) groups excluding carboxylic acids is 4. The van der Waals surface area contributed by atoms with Gasteiger partial charge in [-0.15, -0.1) is 0 Å². The molecule has 3 rings (SSSR count). The third-order valence-corrected chi connectivity index (χ3v) is 5.44. The van der Waals surface area contributed by atoms with Gasteiger partial charge in [-0.1, -0.05) is 6.07 Å². The van der Waals surface area contributed by atoms with Crippen LogP contribution in [0.25, 0.3) is 0 Å². The number of rotatable bonds is 8. The summed E-state index contributed by atoms with van der Waals surface area (Å²) in [4.78, 5) is 49.4. The largest absolute Gasteiger partial charge is 0.497 e. The quantitative estimate of drug-likeness (QED) is 0.567. The van der Waals surface area contributed by atoms with Crippen molar-refractivity contribution in [1.29, 1.82) is 0 Å². The lowest BCUT2D eigenvalue weighted by atomic mass is 10.1. The average Bonchev–Trinajstić information content (AvgIpc) is 3.19. The number of nitrogens with zero attached hydrogens (tertiary/aromatic N) is 1. The molecule has 10 nitrogen and oxygen atoms in total. The number of hydrogen-bond acceptors (Lipinski definition) is 7. The first-order valence-electron chi connectivity index (χ1n) is 10.6. The van der Waals surface area contributed by atoms with Crippen molar-refractivity contribution in [3.63, 3.8) is 0 Å². The molecule has 10 heteroatoms. The number of hydrogen-bond donors (Lipinski definition) is 2. The van der Waals surface area contributed by atoms with Crippen molar-refractivity contribution in [1.82, 2.24) is 10.4 Å². The van der Waals surface area contributed by atoms with Gasteiger partial charge in [0, 0.05) is 23.7 Å². The van der Waals surface area contributed by atoms with E-state index < -0.39 is 36.2 Å². The molecule has 1 fully saturated rings. The molecule has 0 unspecified atom stereocenters. The second kappa shape index (κ2) is 10.7. The minimum absolute atomic E-state index is 0.0662. The van der Waals surface area contributed by atoms with Crippen LogP contribution in [0.5, 0.6) is 11.5 Å². The molecule has 0 saturated carbocycles. The van der Waals surface area contributed by atoms with Crippen LogP contribution in [0.15, 0.2) is 36.4 Å². The van der Waals surface area contributed by atoms with Crippen LogP contribution in [-0.4, -0.2) is 56.1 Å². The van der Waals surface area contributed by atoms with Gasteiger partial charge < -0.3 is 19.5 Å². The molecule has 0 bridgehead atoms. The van der Waals surface area contributed by atoms with E-state index >= 15 is 0 Å². The number of hydrazine groups is 1. The van der Waals surface area contributed by atoms with Gasteiger partial charge in [-0.2, -0.15) is 0 Å². The fraction of sp³-hybridized carbons (Fsp3) is 0.333. The molecule has 0 radical (unpaired) electrons. The topological polar surface area (TPSA) is 123 Å². The molecule has 1 atom stereocenters. The number of ether oxygens (including phenoxy) is 3. The maximum atomic E-state index is 12.6. The maximum absolute atomic E-state index is 12.6. The summed E-state index contributed by atoms with van der Waals surface area (Å²) in [5.41, 5.74) is 5.42. The van der Waals surface area contributed by atoms with Crippen LogP contribution >= 0.6 is 0 Å². The van der Waals surface area contributed by atoms with Gasteiger partial charge in [-0.05, 0) is 49.2 Å². The highest BCUT2D eigenvalue weighted by atomic mass is 16.5. The lowest BCUT2D eigenvalue weighted by Crippen LogP contribution is -2.43. The molecule has 3 amide bonds. The maximum Gasteiger partial charge on any atom is 0.311 e. The van der Waals surface area contributed by atoms with Crippen LogP contribution in [-0.2, 0) is 19.1 Å². The molecule has 2 aromatic carbocycles. The zero-order valence-corrected chi connectivity index (χ0v) is 19.5. The number of anilines is 1. The summed E-state index contributed by atoms with van der Waals surface area (Å²) >= 11 is 0. The van der Waals surface area contributed by atoms with Crippen LogP contribution in [0.1, 0.15) is 27.9 Å². The van der Waals surface area contributed by atoms with E-state index in [4.69, 9.17) is 14.2 Å². The Kier molecular flexibility index (Phi) is 7.72. The Bertz CT molecular complexity index is 1090. The Morgan fingerprint density at radius 3 is 2.29 bits per heavy atom. The summed E-state index contributed by atoms with van der Waals surface area (Å²) < 4.78 is 15.4. The molecule has 1 heterocycles. The number of benzene rings is 2. The molecular weight excluding hydrogens is 442 g/mol. The van der Waals surface area contributed by atoms with Gasteiger partial charge in [0.25, 0.3) is 11.8 Å². The lowest BCUT2D eigenvalue weighted by Gasteiger charge is -2.18. The van der Waals surface area contributed by atoms with Gasteiger partial charge in [0.15, 0.2) is 6.61 Å². The summed E-state index contributed by atoms with van der Waals surface area (Å²) in [6.45, 7) is 3.35. The van der Waals surface area contributed by atoms with E-state index in [1.165, 1.54) is 26.4 Å². The minimum Gasteiger partial charge on any atom is -0.497 e. The van der Waals surface area contributed by atoms with Crippen LogP contribution < -0.4 is 20.2 Å². The number of aryl methyl sites for hydroxylation is 2. The van der Waals surface area contributed by atoms with Crippen LogP contribution in [0.3, 0.4) is 0 Å². The zero-order chi connectivity index (χ0) is 24.8.